The summed E-state index contributed by atoms with van der Waals surface area (Å²) in [5, 5.41) is 0. The van der Waals surface area contributed by atoms with Gasteiger partial charge in [0.1, 0.15) is 0 Å². The van der Waals surface area contributed by atoms with Crippen LogP contribution in [0.1, 0.15) is 26.2 Å². The van der Waals surface area contributed by atoms with Crippen LogP contribution in [0.5, 0.6) is 0 Å². The topological polar surface area (TPSA) is 0 Å². The Balaban J connectivity index is 0.000000360. The molecule has 1 aliphatic carbocycles. The molecule has 0 saturated heterocycles. The Morgan fingerprint density at radius 1 is 1.57 bits per heavy atom. The molecule has 0 amide bonds. The van der Waals surface area contributed by atoms with Gasteiger partial charge in [-0.05, 0) is 0 Å². The summed E-state index contributed by atoms with van der Waals surface area (Å²) in [5.74, 6) is 0.991. The van der Waals surface area contributed by atoms with Crippen molar-refractivity contribution in [3.8, 4) is 0 Å². The molecular weight excluding hydrogens is 256 g/mol. The molecule has 1 rings (SSSR count). The van der Waals surface area contributed by atoms with Gasteiger partial charge in [0, 0.05) is 21.1 Å². The van der Waals surface area contributed by atoms with Gasteiger partial charge in [-0.2, -0.15) is 12.8 Å². The van der Waals surface area contributed by atoms with E-state index in [0.29, 0.717) is 0 Å². The van der Waals surface area contributed by atoms with Gasteiger partial charge in [0.05, 0.1) is 0 Å². The molecular formula is C6H11W-. The Morgan fingerprint density at radius 2 is 2.29 bits per heavy atom. The molecule has 0 aromatic rings. The van der Waals surface area contributed by atoms with Gasteiger partial charge in [0.25, 0.3) is 0 Å². The zero-order valence-corrected chi connectivity index (χ0v) is 7.62. The van der Waals surface area contributed by atoms with Crippen molar-refractivity contribution < 1.29 is 21.1 Å². The maximum atomic E-state index is 2.38. The molecule has 1 saturated carbocycles. The van der Waals surface area contributed by atoms with Crippen molar-refractivity contribution in [3.63, 3.8) is 0 Å². The van der Waals surface area contributed by atoms with E-state index in [2.05, 4.69) is 13.3 Å². The monoisotopic (exact) mass is 267 g/mol. The summed E-state index contributed by atoms with van der Waals surface area (Å²) in [7, 11) is 0. The van der Waals surface area contributed by atoms with Gasteiger partial charge in [0.2, 0.25) is 0 Å². The number of hydrogen-bond acceptors (Lipinski definition) is 0. The summed E-state index contributed by atoms with van der Waals surface area (Å²) >= 11 is 0. The quantitative estimate of drug-likeness (QED) is 0.589. The molecule has 1 unspecified atom stereocenters. The normalized spacial score (nSPS) is 29.6. The van der Waals surface area contributed by atoms with E-state index < -0.39 is 0 Å². The van der Waals surface area contributed by atoms with Gasteiger partial charge < -0.3 is 6.42 Å². The SMILES string of the molecule is CC1C[CH-]CC1.[W]. The molecule has 0 aromatic heterocycles. The van der Waals surface area contributed by atoms with E-state index in [1.807, 2.05) is 0 Å². The second-order valence-electron chi connectivity index (χ2n) is 2.21. The fourth-order valence-corrected chi connectivity index (χ4v) is 0.923. The minimum Gasteiger partial charge on any atom is -0.328 e. The third-order valence-corrected chi connectivity index (χ3v) is 1.43. The van der Waals surface area contributed by atoms with Gasteiger partial charge in [-0.15, -0.1) is 0 Å². The van der Waals surface area contributed by atoms with Crippen molar-refractivity contribution in [2.45, 2.75) is 26.2 Å². The number of hydrogen-bond donors (Lipinski definition) is 0. The van der Waals surface area contributed by atoms with E-state index in [1.54, 1.807) is 0 Å². The third kappa shape index (κ3) is 2.49. The van der Waals surface area contributed by atoms with Crippen LogP contribution in [0.2, 0.25) is 0 Å². The maximum Gasteiger partial charge on any atom is 0 e. The summed E-state index contributed by atoms with van der Waals surface area (Å²) in [6.07, 6.45) is 6.53. The number of rotatable bonds is 0. The van der Waals surface area contributed by atoms with Crippen molar-refractivity contribution >= 4 is 0 Å². The van der Waals surface area contributed by atoms with Gasteiger partial charge in [-0.1, -0.05) is 19.3 Å². The standard InChI is InChI=1S/C6H11.W/c1-6-4-2-3-5-6;/h2,6H,3-5H2,1H3;/q-1;. The van der Waals surface area contributed by atoms with E-state index in [0.717, 1.165) is 5.92 Å². The maximum absolute atomic E-state index is 2.38. The van der Waals surface area contributed by atoms with Crippen LogP contribution in [0.15, 0.2) is 0 Å². The Labute approximate surface area is 59.9 Å². The Kier molecular flexibility index (Phi) is 4.02. The van der Waals surface area contributed by atoms with E-state index in [9.17, 15) is 0 Å². The van der Waals surface area contributed by atoms with Gasteiger partial charge in [0.15, 0.2) is 0 Å². The molecule has 0 nitrogen and oxygen atoms in total. The second-order valence-corrected chi connectivity index (χ2v) is 2.21. The van der Waals surface area contributed by atoms with Crippen LogP contribution in [-0.4, -0.2) is 0 Å². The van der Waals surface area contributed by atoms with E-state index >= 15 is 0 Å². The largest absolute Gasteiger partial charge is 0.328 e. The zero-order valence-electron chi connectivity index (χ0n) is 4.68. The van der Waals surface area contributed by atoms with Crippen LogP contribution >= 0.6 is 0 Å². The van der Waals surface area contributed by atoms with Crippen molar-refractivity contribution in [1.82, 2.24) is 0 Å². The summed E-state index contributed by atoms with van der Waals surface area (Å²) in [4.78, 5) is 0. The molecule has 0 N–H and O–H groups in total. The predicted octanol–water partition coefficient (Wildman–Crippen LogP) is 2.01. The molecule has 0 radical (unpaired) electrons. The van der Waals surface area contributed by atoms with Crippen LogP contribution in [-0.2, 0) is 21.1 Å². The van der Waals surface area contributed by atoms with E-state index in [4.69, 9.17) is 0 Å². The average Bonchev–Trinajstić information content (AvgIpc) is 1.86. The Bertz CT molecular complexity index is 37.4. The molecule has 1 atom stereocenters. The molecule has 7 heavy (non-hydrogen) atoms. The van der Waals surface area contributed by atoms with Crippen molar-refractivity contribution in [1.29, 1.82) is 0 Å². The van der Waals surface area contributed by atoms with Crippen molar-refractivity contribution in [2.24, 2.45) is 5.92 Å². The third-order valence-electron chi connectivity index (χ3n) is 1.43. The van der Waals surface area contributed by atoms with Crippen LogP contribution in [0.25, 0.3) is 0 Å². The van der Waals surface area contributed by atoms with E-state index in [-0.39, 0.29) is 21.1 Å². The van der Waals surface area contributed by atoms with Crippen LogP contribution < -0.4 is 0 Å². The summed E-state index contributed by atoms with van der Waals surface area (Å²) < 4.78 is 0. The molecule has 1 fully saturated rings. The van der Waals surface area contributed by atoms with Crippen LogP contribution in [0.4, 0.5) is 0 Å². The fourth-order valence-electron chi connectivity index (χ4n) is 0.923. The molecule has 0 aliphatic heterocycles. The molecule has 1 heteroatoms. The van der Waals surface area contributed by atoms with Gasteiger partial charge in [-0.25, -0.2) is 0 Å². The minimum absolute atomic E-state index is 0. The first-order chi connectivity index (χ1) is 2.89. The average molecular weight is 267 g/mol. The van der Waals surface area contributed by atoms with E-state index in [1.165, 1.54) is 19.3 Å². The molecule has 42 valence electrons. The first-order valence-electron chi connectivity index (χ1n) is 2.71. The summed E-state index contributed by atoms with van der Waals surface area (Å²) in [5.41, 5.74) is 0. The molecule has 0 heterocycles. The molecule has 0 spiro atoms. The van der Waals surface area contributed by atoms with Crippen molar-refractivity contribution in [2.75, 3.05) is 0 Å². The molecule has 0 aromatic carbocycles. The molecule has 1 aliphatic rings. The van der Waals surface area contributed by atoms with Gasteiger partial charge in [-0.3, -0.25) is 0 Å². The Morgan fingerprint density at radius 3 is 2.43 bits per heavy atom. The first kappa shape index (κ1) is 7.69. The zero-order chi connectivity index (χ0) is 4.41. The smallest absolute Gasteiger partial charge is 0 e. The Hall–Kier alpha value is 0.688. The summed E-state index contributed by atoms with van der Waals surface area (Å²) in [6.45, 7) is 2.31. The van der Waals surface area contributed by atoms with Crippen LogP contribution in [0, 0.1) is 12.3 Å². The van der Waals surface area contributed by atoms with Crippen LogP contribution in [0.3, 0.4) is 0 Å². The molecule has 0 bridgehead atoms. The van der Waals surface area contributed by atoms with Crippen molar-refractivity contribution in [3.05, 3.63) is 6.42 Å². The minimum atomic E-state index is 0. The second kappa shape index (κ2) is 3.66. The predicted molar refractivity (Wildman–Crippen MR) is 27.3 cm³/mol. The summed E-state index contributed by atoms with van der Waals surface area (Å²) in [6, 6.07) is 0. The van der Waals surface area contributed by atoms with Gasteiger partial charge >= 0.3 is 0 Å². The fraction of sp³-hybridized carbons (Fsp3) is 0.833. The first-order valence-corrected chi connectivity index (χ1v) is 2.71.